The summed E-state index contributed by atoms with van der Waals surface area (Å²) in [5.41, 5.74) is 1.69. The molecule has 8 nitrogen and oxygen atoms in total. The molecule has 0 unspecified atom stereocenters. The Morgan fingerprint density at radius 2 is 1.76 bits per heavy atom. The molecule has 1 saturated heterocycles. The van der Waals surface area contributed by atoms with Gasteiger partial charge in [0.25, 0.3) is 0 Å². The van der Waals surface area contributed by atoms with Crippen molar-refractivity contribution in [2.24, 2.45) is 5.92 Å². The van der Waals surface area contributed by atoms with Crippen LogP contribution < -0.4 is 5.32 Å². The number of carbonyl (C=O) groups is 2. The highest BCUT2D eigenvalue weighted by Crippen LogP contribution is 2.16. The molecule has 8 heteroatoms. The third kappa shape index (κ3) is 6.55. The van der Waals surface area contributed by atoms with Gasteiger partial charge in [0.2, 0.25) is 5.91 Å². The van der Waals surface area contributed by atoms with E-state index < -0.39 is 11.9 Å². The summed E-state index contributed by atoms with van der Waals surface area (Å²) < 4.78 is 0. The molecule has 2 heterocycles. The van der Waals surface area contributed by atoms with Crippen LogP contribution in [0.4, 0.5) is 5.69 Å². The Hall–Kier alpha value is -2.97. The van der Waals surface area contributed by atoms with Crippen LogP contribution in [0.2, 0.25) is 0 Å². The maximum atomic E-state index is 12.2. The number of phenolic OH excluding ortho intramolecular Hbond substituents is 1. The number of hydrogen-bond donors (Lipinski definition) is 3. The number of benzene rings is 1. The van der Waals surface area contributed by atoms with E-state index in [1.54, 1.807) is 18.3 Å². The number of piperazine rings is 1. The summed E-state index contributed by atoms with van der Waals surface area (Å²) in [4.78, 5) is 32.5. The zero-order valence-corrected chi connectivity index (χ0v) is 16.2. The predicted octanol–water partition coefficient (Wildman–Crippen LogP) is 1.63. The first-order chi connectivity index (χ1) is 14.0. The van der Waals surface area contributed by atoms with Crippen molar-refractivity contribution >= 4 is 17.6 Å². The Labute approximate surface area is 169 Å². The number of carboxylic acids is 1. The number of hydrogen-bond acceptors (Lipinski definition) is 6. The molecule has 2 aromatic rings. The first kappa shape index (κ1) is 20.8. The van der Waals surface area contributed by atoms with E-state index in [2.05, 4.69) is 20.1 Å². The number of nitrogens with one attached hydrogen (secondary N) is 1. The minimum Gasteiger partial charge on any atom is -0.508 e. The molecule has 0 saturated carbocycles. The first-order valence-corrected chi connectivity index (χ1v) is 9.65. The molecule has 0 aliphatic carbocycles. The molecule has 1 aromatic carbocycles. The van der Waals surface area contributed by atoms with Gasteiger partial charge in [0.15, 0.2) is 0 Å². The molecule has 1 fully saturated rings. The lowest BCUT2D eigenvalue weighted by molar-refractivity contribution is -0.144. The lowest BCUT2D eigenvalue weighted by atomic mass is 10.0. The van der Waals surface area contributed by atoms with E-state index in [-0.39, 0.29) is 18.1 Å². The second-order valence-corrected chi connectivity index (χ2v) is 7.27. The lowest BCUT2D eigenvalue weighted by Gasteiger charge is -2.35. The van der Waals surface area contributed by atoms with Crippen LogP contribution >= 0.6 is 0 Å². The molecular weight excluding hydrogens is 372 g/mol. The Morgan fingerprint density at radius 3 is 2.38 bits per heavy atom. The van der Waals surface area contributed by atoms with Crippen LogP contribution in [0.15, 0.2) is 48.8 Å². The molecule has 1 aliphatic heterocycles. The van der Waals surface area contributed by atoms with Gasteiger partial charge in [-0.15, -0.1) is 0 Å². The van der Waals surface area contributed by atoms with Gasteiger partial charge in [-0.05, 0) is 35.9 Å². The number of phenols is 1. The normalized spacial score (nSPS) is 16.3. The number of pyridine rings is 1. The van der Waals surface area contributed by atoms with Crippen LogP contribution in [0.3, 0.4) is 0 Å². The van der Waals surface area contributed by atoms with Crippen molar-refractivity contribution in [3.05, 3.63) is 54.4 Å². The van der Waals surface area contributed by atoms with Crippen LogP contribution in [0.5, 0.6) is 5.75 Å². The molecule has 154 valence electrons. The largest absolute Gasteiger partial charge is 0.508 e. The van der Waals surface area contributed by atoms with Gasteiger partial charge in [-0.25, -0.2) is 0 Å². The van der Waals surface area contributed by atoms with Gasteiger partial charge < -0.3 is 15.5 Å². The maximum Gasteiger partial charge on any atom is 0.308 e. The number of aromatic hydroxyl groups is 1. The van der Waals surface area contributed by atoms with E-state index in [1.165, 1.54) is 12.1 Å². The number of amides is 1. The number of carboxylic acid groups (broad SMARTS) is 1. The molecule has 1 atom stereocenters. The van der Waals surface area contributed by atoms with Gasteiger partial charge in [0.1, 0.15) is 5.75 Å². The van der Waals surface area contributed by atoms with Crippen molar-refractivity contribution in [2.75, 3.05) is 38.0 Å². The Bertz CT molecular complexity index is 805. The smallest absolute Gasteiger partial charge is 0.308 e. The number of carbonyl (C=O) groups excluding carboxylic acids is 1. The van der Waals surface area contributed by atoms with E-state index >= 15 is 0 Å². The van der Waals surface area contributed by atoms with Crippen LogP contribution in [-0.4, -0.2) is 69.6 Å². The maximum absolute atomic E-state index is 12.2. The third-order valence-corrected chi connectivity index (χ3v) is 5.00. The lowest BCUT2D eigenvalue weighted by Crippen LogP contribution is -2.48. The summed E-state index contributed by atoms with van der Waals surface area (Å²) in [6.45, 7) is 4.41. The van der Waals surface area contributed by atoms with E-state index in [0.717, 1.165) is 38.3 Å². The van der Waals surface area contributed by atoms with E-state index in [9.17, 15) is 19.8 Å². The highest BCUT2D eigenvalue weighted by molar-refractivity contribution is 5.93. The molecule has 0 radical (unpaired) electrons. The monoisotopic (exact) mass is 398 g/mol. The van der Waals surface area contributed by atoms with Crippen molar-refractivity contribution < 1.29 is 19.8 Å². The summed E-state index contributed by atoms with van der Waals surface area (Å²) in [5.74, 6) is -1.98. The van der Waals surface area contributed by atoms with Crippen LogP contribution in [0, 0.1) is 5.92 Å². The number of aliphatic carboxylic acids is 1. The van der Waals surface area contributed by atoms with E-state index in [1.807, 2.05) is 18.3 Å². The van der Waals surface area contributed by atoms with Crippen molar-refractivity contribution in [1.29, 1.82) is 0 Å². The predicted molar refractivity (Wildman–Crippen MR) is 108 cm³/mol. The van der Waals surface area contributed by atoms with Gasteiger partial charge in [0, 0.05) is 63.8 Å². The fraction of sp³-hybridized carbons (Fsp3) is 0.381. The summed E-state index contributed by atoms with van der Waals surface area (Å²) >= 11 is 0. The fourth-order valence-corrected chi connectivity index (χ4v) is 3.40. The molecule has 0 bridgehead atoms. The molecule has 1 amide bonds. The van der Waals surface area contributed by atoms with Gasteiger partial charge in [-0.3, -0.25) is 24.4 Å². The molecule has 1 aromatic heterocycles. The molecule has 1 aliphatic rings. The first-order valence-electron chi connectivity index (χ1n) is 9.65. The summed E-state index contributed by atoms with van der Waals surface area (Å²) in [5, 5.41) is 21.5. The van der Waals surface area contributed by atoms with Gasteiger partial charge in [-0.1, -0.05) is 6.07 Å². The molecule has 3 N–H and O–H groups in total. The topological polar surface area (TPSA) is 106 Å². The Balaban J connectivity index is 1.46. The number of anilines is 1. The van der Waals surface area contributed by atoms with E-state index in [0.29, 0.717) is 12.2 Å². The van der Waals surface area contributed by atoms with Crippen molar-refractivity contribution in [2.45, 2.75) is 13.0 Å². The van der Waals surface area contributed by atoms with Gasteiger partial charge >= 0.3 is 5.97 Å². The second-order valence-electron chi connectivity index (χ2n) is 7.27. The third-order valence-electron chi connectivity index (χ3n) is 5.00. The molecular formula is C21H26N4O4. The highest BCUT2D eigenvalue weighted by atomic mass is 16.4. The van der Waals surface area contributed by atoms with Crippen LogP contribution in [-0.2, 0) is 16.1 Å². The van der Waals surface area contributed by atoms with E-state index in [4.69, 9.17) is 0 Å². The molecule has 0 spiro atoms. The quantitative estimate of drug-likeness (QED) is 0.581. The minimum absolute atomic E-state index is 0.0912. The van der Waals surface area contributed by atoms with Crippen molar-refractivity contribution in [1.82, 2.24) is 14.8 Å². The number of aromatic nitrogens is 1. The van der Waals surface area contributed by atoms with Crippen LogP contribution in [0.25, 0.3) is 0 Å². The summed E-state index contributed by atoms with van der Waals surface area (Å²) in [7, 11) is 0. The standard InChI is InChI=1S/C21H26N4O4/c26-19-5-3-18(4-6-19)23-20(27)12-17(21(28)29)15-25-10-8-24(9-11-25)14-16-2-1-7-22-13-16/h1-7,13,17,26H,8-12,14-15H2,(H,23,27)(H,28,29)/t17-/m0/s1. The Kier molecular flexibility index (Phi) is 7.15. The zero-order chi connectivity index (χ0) is 20.6. The summed E-state index contributed by atoms with van der Waals surface area (Å²) in [6, 6.07) is 10.1. The van der Waals surface area contributed by atoms with Crippen molar-refractivity contribution in [3.8, 4) is 5.75 Å². The number of rotatable bonds is 8. The molecule has 3 rings (SSSR count). The minimum atomic E-state index is -0.969. The summed E-state index contributed by atoms with van der Waals surface area (Å²) in [6.07, 6.45) is 3.52. The zero-order valence-electron chi connectivity index (χ0n) is 16.2. The average Bonchev–Trinajstić information content (AvgIpc) is 2.71. The van der Waals surface area contributed by atoms with Crippen LogP contribution in [0.1, 0.15) is 12.0 Å². The van der Waals surface area contributed by atoms with Gasteiger partial charge in [-0.2, -0.15) is 0 Å². The SMILES string of the molecule is O=C(C[C@@H](CN1CCN(Cc2cccnc2)CC1)C(=O)O)Nc1ccc(O)cc1. The van der Waals surface area contributed by atoms with Crippen molar-refractivity contribution in [3.63, 3.8) is 0 Å². The average molecular weight is 398 g/mol. The Morgan fingerprint density at radius 1 is 1.07 bits per heavy atom. The number of nitrogens with zero attached hydrogens (tertiary/aromatic N) is 3. The fourth-order valence-electron chi connectivity index (χ4n) is 3.40. The van der Waals surface area contributed by atoms with Gasteiger partial charge in [0.05, 0.1) is 5.92 Å². The second kappa shape index (κ2) is 9.99. The highest BCUT2D eigenvalue weighted by Gasteiger charge is 2.26. The molecule has 29 heavy (non-hydrogen) atoms.